The van der Waals surface area contributed by atoms with Crippen molar-refractivity contribution in [3.05, 3.63) is 59.2 Å². The zero-order valence-electron chi connectivity index (χ0n) is 13.7. The number of aryl methyl sites for hydroxylation is 1. The Balaban J connectivity index is 1.89. The van der Waals surface area contributed by atoms with Crippen molar-refractivity contribution < 1.29 is 8.42 Å². The van der Waals surface area contributed by atoms with Gasteiger partial charge in [0.2, 0.25) is 0 Å². The molecular formula is C19H23NO2S. The second-order valence-electron chi connectivity index (χ2n) is 6.48. The highest BCUT2D eigenvalue weighted by molar-refractivity contribution is 7.92. The van der Waals surface area contributed by atoms with Crippen molar-refractivity contribution in [3.63, 3.8) is 0 Å². The maximum Gasteiger partial charge on any atom is 0.261 e. The zero-order valence-corrected chi connectivity index (χ0v) is 14.5. The average Bonchev–Trinajstić information content (AvgIpc) is 2.55. The molecule has 0 amide bonds. The molecule has 2 aromatic rings. The van der Waals surface area contributed by atoms with Gasteiger partial charge in [0, 0.05) is 0 Å². The minimum absolute atomic E-state index is 0.315. The number of hydrogen-bond donors (Lipinski definition) is 1. The SMILES string of the molecule is CC(C)c1ccc(S(=O)(=O)Nc2cccc3c2CCCC3)cc1. The van der Waals surface area contributed by atoms with Crippen LogP contribution in [-0.4, -0.2) is 8.42 Å². The van der Waals surface area contributed by atoms with Crippen LogP contribution in [0.25, 0.3) is 0 Å². The molecule has 3 rings (SSSR count). The summed E-state index contributed by atoms with van der Waals surface area (Å²) in [5.74, 6) is 0.390. The van der Waals surface area contributed by atoms with E-state index in [1.807, 2.05) is 24.3 Å². The molecule has 0 spiro atoms. The number of nitrogens with one attached hydrogen (secondary N) is 1. The summed E-state index contributed by atoms with van der Waals surface area (Å²) in [6.45, 7) is 4.19. The Bertz CT molecular complexity index is 793. The van der Waals surface area contributed by atoms with E-state index in [1.165, 1.54) is 12.0 Å². The molecule has 0 heterocycles. The van der Waals surface area contributed by atoms with Crippen molar-refractivity contribution in [2.75, 3.05) is 4.72 Å². The molecule has 0 saturated carbocycles. The van der Waals surface area contributed by atoms with Crippen LogP contribution in [0.5, 0.6) is 0 Å². The van der Waals surface area contributed by atoms with Crippen LogP contribution in [0.15, 0.2) is 47.4 Å². The summed E-state index contributed by atoms with van der Waals surface area (Å²) in [5, 5.41) is 0. The van der Waals surface area contributed by atoms with Gasteiger partial charge in [-0.05, 0) is 66.5 Å². The van der Waals surface area contributed by atoms with Crippen molar-refractivity contribution in [2.45, 2.75) is 50.3 Å². The first-order chi connectivity index (χ1) is 11.0. The molecule has 0 radical (unpaired) electrons. The molecule has 0 atom stereocenters. The minimum atomic E-state index is -3.54. The van der Waals surface area contributed by atoms with Gasteiger partial charge in [-0.3, -0.25) is 4.72 Å². The standard InChI is InChI=1S/C19H23NO2S/c1-14(2)15-10-12-17(13-11-15)23(21,22)20-19-9-5-7-16-6-3-4-8-18(16)19/h5,7,9-14,20H,3-4,6,8H2,1-2H3. The van der Waals surface area contributed by atoms with Crippen LogP contribution < -0.4 is 4.72 Å². The second-order valence-corrected chi connectivity index (χ2v) is 8.16. The van der Waals surface area contributed by atoms with E-state index in [2.05, 4.69) is 24.6 Å². The van der Waals surface area contributed by atoms with Gasteiger partial charge < -0.3 is 0 Å². The topological polar surface area (TPSA) is 46.2 Å². The average molecular weight is 329 g/mol. The zero-order chi connectivity index (χ0) is 16.4. The first-order valence-corrected chi connectivity index (χ1v) is 9.69. The van der Waals surface area contributed by atoms with E-state index in [9.17, 15) is 8.42 Å². The van der Waals surface area contributed by atoms with Crippen molar-refractivity contribution in [3.8, 4) is 0 Å². The third-order valence-electron chi connectivity index (χ3n) is 4.50. The summed E-state index contributed by atoms with van der Waals surface area (Å²) < 4.78 is 28.1. The molecule has 122 valence electrons. The molecule has 0 unspecified atom stereocenters. The highest BCUT2D eigenvalue weighted by atomic mass is 32.2. The van der Waals surface area contributed by atoms with Crippen molar-refractivity contribution in [2.24, 2.45) is 0 Å². The predicted octanol–water partition coefficient (Wildman–Crippen LogP) is 4.49. The number of anilines is 1. The van der Waals surface area contributed by atoms with Gasteiger partial charge in [-0.25, -0.2) is 8.42 Å². The predicted molar refractivity (Wildman–Crippen MR) is 94.4 cm³/mol. The molecule has 0 bridgehead atoms. The molecule has 3 nitrogen and oxygen atoms in total. The first-order valence-electron chi connectivity index (χ1n) is 8.21. The van der Waals surface area contributed by atoms with Crippen molar-refractivity contribution in [1.82, 2.24) is 0 Å². The van der Waals surface area contributed by atoms with Gasteiger partial charge in [0.05, 0.1) is 10.6 Å². The van der Waals surface area contributed by atoms with Crippen LogP contribution in [0.2, 0.25) is 0 Å². The Morgan fingerprint density at radius 1 is 0.957 bits per heavy atom. The molecule has 1 aliphatic rings. The van der Waals surface area contributed by atoms with Gasteiger partial charge in [0.1, 0.15) is 0 Å². The Kier molecular flexibility index (Phi) is 4.44. The molecule has 1 N–H and O–H groups in total. The van der Waals surface area contributed by atoms with Crippen molar-refractivity contribution >= 4 is 15.7 Å². The van der Waals surface area contributed by atoms with Gasteiger partial charge >= 0.3 is 0 Å². The Morgan fingerprint density at radius 3 is 2.35 bits per heavy atom. The van der Waals surface area contributed by atoms with Gasteiger partial charge in [-0.1, -0.05) is 38.1 Å². The van der Waals surface area contributed by atoms with Crippen LogP contribution in [0.4, 0.5) is 5.69 Å². The summed E-state index contributed by atoms with van der Waals surface area (Å²) in [4.78, 5) is 0.315. The number of fused-ring (bicyclic) bond motifs is 1. The van der Waals surface area contributed by atoms with Gasteiger partial charge in [-0.2, -0.15) is 0 Å². The quantitative estimate of drug-likeness (QED) is 0.898. The fraction of sp³-hybridized carbons (Fsp3) is 0.368. The van der Waals surface area contributed by atoms with Crippen LogP contribution >= 0.6 is 0 Å². The maximum atomic E-state index is 12.7. The Morgan fingerprint density at radius 2 is 1.65 bits per heavy atom. The summed E-state index contributed by atoms with van der Waals surface area (Å²) >= 11 is 0. The number of hydrogen-bond acceptors (Lipinski definition) is 2. The molecule has 2 aromatic carbocycles. The molecular weight excluding hydrogens is 306 g/mol. The molecule has 4 heteroatoms. The lowest BCUT2D eigenvalue weighted by Gasteiger charge is -2.20. The number of sulfonamides is 1. The molecule has 0 fully saturated rings. The summed E-state index contributed by atoms with van der Waals surface area (Å²) in [6, 6.07) is 13.1. The maximum absolute atomic E-state index is 12.7. The van der Waals surface area contributed by atoms with Gasteiger partial charge in [0.15, 0.2) is 0 Å². The van der Waals surface area contributed by atoms with Crippen LogP contribution in [0.1, 0.15) is 49.3 Å². The first kappa shape index (κ1) is 16.1. The third kappa shape index (κ3) is 3.42. The van der Waals surface area contributed by atoms with Crippen LogP contribution in [0.3, 0.4) is 0 Å². The number of rotatable bonds is 4. The van der Waals surface area contributed by atoms with Gasteiger partial charge in [-0.15, -0.1) is 0 Å². The van der Waals surface area contributed by atoms with Crippen LogP contribution in [-0.2, 0) is 22.9 Å². The fourth-order valence-electron chi connectivity index (χ4n) is 3.11. The minimum Gasteiger partial charge on any atom is -0.279 e. The largest absolute Gasteiger partial charge is 0.279 e. The van der Waals surface area contributed by atoms with Gasteiger partial charge in [0.25, 0.3) is 10.0 Å². The Labute approximate surface area is 138 Å². The summed E-state index contributed by atoms with van der Waals surface area (Å²) in [5.41, 5.74) is 4.30. The highest BCUT2D eigenvalue weighted by Gasteiger charge is 2.19. The van der Waals surface area contributed by atoms with Crippen molar-refractivity contribution in [1.29, 1.82) is 0 Å². The summed E-state index contributed by atoms with van der Waals surface area (Å²) in [6.07, 6.45) is 4.28. The van der Waals surface area contributed by atoms with Crippen LogP contribution in [0, 0.1) is 0 Å². The smallest absolute Gasteiger partial charge is 0.261 e. The summed E-state index contributed by atoms with van der Waals surface area (Å²) in [7, 11) is -3.54. The highest BCUT2D eigenvalue weighted by Crippen LogP contribution is 2.29. The molecule has 1 aliphatic carbocycles. The van der Waals surface area contributed by atoms with E-state index in [0.29, 0.717) is 10.8 Å². The fourth-order valence-corrected chi connectivity index (χ4v) is 4.21. The van der Waals surface area contributed by atoms with E-state index < -0.39 is 10.0 Å². The lowest BCUT2D eigenvalue weighted by atomic mass is 9.91. The molecule has 0 aromatic heterocycles. The molecule has 0 saturated heterocycles. The molecule has 0 aliphatic heterocycles. The normalized spacial score (nSPS) is 14.6. The lowest BCUT2D eigenvalue weighted by Crippen LogP contribution is -2.16. The third-order valence-corrected chi connectivity index (χ3v) is 5.88. The second kappa shape index (κ2) is 6.36. The lowest BCUT2D eigenvalue weighted by molar-refractivity contribution is 0.601. The van der Waals surface area contributed by atoms with E-state index in [-0.39, 0.29) is 0 Å². The monoisotopic (exact) mass is 329 g/mol. The van der Waals surface area contributed by atoms with E-state index in [4.69, 9.17) is 0 Å². The number of benzene rings is 2. The van der Waals surface area contributed by atoms with E-state index in [0.717, 1.165) is 36.1 Å². The Hall–Kier alpha value is -1.81. The van der Waals surface area contributed by atoms with E-state index in [1.54, 1.807) is 12.1 Å². The molecule has 23 heavy (non-hydrogen) atoms. The van der Waals surface area contributed by atoms with E-state index >= 15 is 0 Å².